The first-order chi connectivity index (χ1) is 9.22. The van der Waals surface area contributed by atoms with Crippen LogP contribution in [0.15, 0.2) is 0 Å². The maximum Gasteiger partial charge on any atom is 0.202 e. The van der Waals surface area contributed by atoms with Crippen molar-refractivity contribution in [1.29, 1.82) is 0 Å². The van der Waals surface area contributed by atoms with E-state index < -0.39 is 0 Å². The molecule has 0 aromatic carbocycles. The zero-order valence-electron chi connectivity index (χ0n) is 11.6. The molecule has 0 bridgehead atoms. The molecule has 106 valence electrons. The van der Waals surface area contributed by atoms with E-state index in [9.17, 15) is 0 Å². The number of ether oxygens (including phenoxy) is 1. The number of morpholine rings is 1. The predicted molar refractivity (Wildman–Crippen MR) is 76.8 cm³/mol. The molecule has 2 unspecified atom stereocenters. The molecule has 2 atom stereocenters. The van der Waals surface area contributed by atoms with Crippen LogP contribution in [0.4, 0.5) is 5.13 Å². The van der Waals surface area contributed by atoms with Crippen molar-refractivity contribution in [3.8, 4) is 0 Å². The van der Waals surface area contributed by atoms with Gasteiger partial charge in [-0.15, -0.1) is 0 Å². The standard InChI is InChI=1S/C13H22N4OS/c1-9(2)12-15-13(19-16-12)14-6-11-7-17-5-3-4-10(17)8-18-11/h9-11H,3-8H2,1-2H3,(H,14,15,16). The van der Waals surface area contributed by atoms with Crippen molar-refractivity contribution in [3.05, 3.63) is 5.82 Å². The molecule has 1 aromatic heterocycles. The Kier molecular flexibility index (Phi) is 4.00. The van der Waals surface area contributed by atoms with E-state index in [1.807, 2.05) is 0 Å². The summed E-state index contributed by atoms with van der Waals surface area (Å²) in [4.78, 5) is 7.05. The van der Waals surface area contributed by atoms with Crippen LogP contribution in [-0.4, -0.2) is 52.6 Å². The topological polar surface area (TPSA) is 50.3 Å². The fourth-order valence-electron chi connectivity index (χ4n) is 2.75. The number of hydrogen-bond donors (Lipinski definition) is 1. The average molecular weight is 282 g/mol. The summed E-state index contributed by atoms with van der Waals surface area (Å²) in [5.41, 5.74) is 0. The van der Waals surface area contributed by atoms with E-state index in [-0.39, 0.29) is 6.10 Å². The molecule has 0 spiro atoms. The molecule has 0 aliphatic carbocycles. The second-order valence-electron chi connectivity index (χ2n) is 5.74. The molecule has 1 aromatic rings. The maximum atomic E-state index is 5.92. The SMILES string of the molecule is CC(C)c1nsc(NCC2CN3CCCC3CO2)n1. The maximum absolute atomic E-state index is 5.92. The Labute approximate surface area is 118 Å². The van der Waals surface area contributed by atoms with E-state index in [0.29, 0.717) is 12.0 Å². The number of nitrogens with one attached hydrogen (secondary N) is 1. The summed E-state index contributed by atoms with van der Waals surface area (Å²) in [6.07, 6.45) is 2.90. The molecule has 0 saturated carbocycles. The number of anilines is 1. The summed E-state index contributed by atoms with van der Waals surface area (Å²) >= 11 is 1.44. The molecule has 5 nitrogen and oxygen atoms in total. The molecule has 2 aliphatic rings. The summed E-state index contributed by atoms with van der Waals surface area (Å²) in [5.74, 6) is 1.32. The van der Waals surface area contributed by atoms with Crippen molar-refractivity contribution < 1.29 is 4.74 Å². The highest BCUT2D eigenvalue weighted by molar-refractivity contribution is 7.09. The first-order valence-corrected chi connectivity index (χ1v) is 7.93. The zero-order valence-corrected chi connectivity index (χ0v) is 12.4. The molecule has 6 heteroatoms. The number of aromatic nitrogens is 2. The normalized spacial score (nSPS) is 27.7. The third kappa shape index (κ3) is 3.07. The Morgan fingerprint density at radius 1 is 1.53 bits per heavy atom. The van der Waals surface area contributed by atoms with Gasteiger partial charge < -0.3 is 10.1 Å². The van der Waals surface area contributed by atoms with Gasteiger partial charge in [-0.05, 0) is 19.4 Å². The number of fused-ring (bicyclic) bond motifs is 1. The van der Waals surface area contributed by atoms with Gasteiger partial charge in [-0.3, -0.25) is 4.90 Å². The Bertz CT molecular complexity index is 423. The highest BCUT2D eigenvalue weighted by Gasteiger charge is 2.32. The molecule has 1 N–H and O–H groups in total. The third-order valence-electron chi connectivity index (χ3n) is 3.90. The van der Waals surface area contributed by atoms with Gasteiger partial charge in [-0.2, -0.15) is 4.37 Å². The molecule has 0 radical (unpaired) electrons. The Morgan fingerprint density at radius 3 is 3.21 bits per heavy atom. The largest absolute Gasteiger partial charge is 0.373 e. The van der Waals surface area contributed by atoms with Crippen LogP contribution >= 0.6 is 11.5 Å². The van der Waals surface area contributed by atoms with E-state index in [2.05, 4.69) is 33.4 Å². The van der Waals surface area contributed by atoms with Crippen LogP contribution in [0.1, 0.15) is 38.4 Å². The zero-order chi connectivity index (χ0) is 13.2. The lowest BCUT2D eigenvalue weighted by molar-refractivity contribution is -0.0415. The molecule has 2 saturated heterocycles. The van der Waals surface area contributed by atoms with Gasteiger partial charge in [0.05, 0.1) is 12.7 Å². The van der Waals surface area contributed by atoms with Crippen LogP contribution in [0.3, 0.4) is 0 Å². The smallest absolute Gasteiger partial charge is 0.202 e. The van der Waals surface area contributed by atoms with Crippen molar-refractivity contribution in [2.75, 3.05) is 31.6 Å². The Balaban J connectivity index is 1.49. The van der Waals surface area contributed by atoms with Crippen molar-refractivity contribution in [2.24, 2.45) is 0 Å². The Hall–Kier alpha value is -0.720. The summed E-state index contributed by atoms with van der Waals surface area (Å²) in [6, 6.07) is 0.672. The lowest BCUT2D eigenvalue weighted by atomic mass is 10.2. The van der Waals surface area contributed by atoms with Gasteiger partial charge in [0.1, 0.15) is 5.82 Å². The van der Waals surface area contributed by atoms with Gasteiger partial charge in [-0.1, -0.05) is 13.8 Å². The monoisotopic (exact) mass is 282 g/mol. The van der Waals surface area contributed by atoms with Gasteiger partial charge >= 0.3 is 0 Å². The van der Waals surface area contributed by atoms with E-state index >= 15 is 0 Å². The highest BCUT2D eigenvalue weighted by Crippen LogP contribution is 2.23. The second kappa shape index (κ2) is 5.73. The Morgan fingerprint density at radius 2 is 2.42 bits per heavy atom. The lowest BCUT2D eigenvalue weighted by Gasteiger charge is -2.35. The quantitative estimate of drug-likeness (QED) is 0.914. The van der Waals surface area contributed by atoms with Crippen molar-refractivity contribution in [3.63, 3.8) is 0 Å². The molecular formula is C13H22N4OS. The average Bonchev–Trinajstić information content (AvgIpc) is 3.04. The lowest BCUT2D eigenvalue weighted by Crippen LogP contribution is -2.48. The molecule has 0 amide bonds. The van der Waals surface area contributed by atoms with Crippen molar-refractivity contribution >= 4 is 16.7 Å². The predicted octanol–water partition coefficient (Wildman–Crippen LogP) is 1.94. The van der Waals surface area contributed by atoms with Gasteiger partial charge in [0.2, 0.25) is 5.13 Å². The highest BCUT2D eigenvalue weighted by atomic mass is 32.1. The summed E-state index contributed by atoms with van der Waals surface area (Å²) in [5, 5.41) is 4.28. The van der Waals surface area contributed by atoms with Gasteiger partial charge in [0.25, 0.3) is 0 Å². The minimum absolute atomic E-state index is 0.278. The summed E-state index contributed by atoms with van der Waals surface area (Å²) in [7, 11) is 0. The molecule has 3 heterocycles. The van der Waals surface area contributed by atoms with Crippen molar-refractivity contribution in [1.82, 2.24) is 14.3 Å². The van der Waals surface area contributed by atoms with Crippen molar-refractivity contribution in [2.45, 2.75) is 44.8 Å². The van der Waals surface area contributed by atoms with E-state index in [4.69, 9.17) is 4.74 Å². The molecule has 3 rings (SSSR count). The first-order valence-electron chi connectivity index (χ1n) is 7.15. The third-order valence-corrected chi connectivity index (χ3v) is 4.59. The number of hydrogen-bond acceptors (Lipinski definition) is 6. The molecule has 2 aliphatic heterocycles. The minimum atomic E-state index is 0.278. The van der Waals surface area contributed by atoms with Crippen LogP contribution in [0.5, 0.6) is 0 Å². The minimum Gasteiger partial charge on any atom is -0.373 e. The van der Waals surface area contributed by atoms with E-state index in [1.165, 1.54) is 30.9 Å². The van der Waals surface area contributed by atoms with Crippen LogP contribution in [0.25, 0.3) is 0 Å². The van der Waals surface area contributed by atoms with Gasteiger partial charge in [-0.25, -0.2) is 4.98 Å². The first kappa shape index (κ1) is 13.3. The molecular weight excluding hydrogens is 260 g/mol. The second-order valence-corrected chi connectivity index (χ2v) is 6.49. The number of nitrogens with zero attached hydrogens (tertiary/aromatic N) is 3. The fourth-order valence-corrected chi connectivity index (χ4v) is 3.47. The van der Waals surface area contributed by atoms with Gasteiger partial charge in [0.15, 0.2) is 0 Å². The summed E-state index contributed by atoms with van der Waals surface area (Å²) in [6.45, 7) is 8.23. The molecule has 19 heavy (non-hydrogen) atoms. The van der Waals surface area contributed by atoms with Gasteiger partial charge in [0, 0.05) is 36.6 Å². The van der Waals surface area contributed by atoms with Crippen LogP contribution in [0.2, 0.25) is 0 Å². The number of rotatable bonds is 4. The van der Waals surface area contributed by atoms with E-state index in [1.54, 1.807) is 0 Å². The molecule has 2 fully saturated rings. The van der Waals surface area contributed by atoms with Crippen LogP contribution in [0, 0.1) is 0 Å². The van der Waals surface area contributed by atoms with Crippen LogP contribution < -0.4 is 5.32 Å². The van der Waals surface area contributed by atoms with E-state index in [0.717, 1.165) is 30.7 Å². The fraction of sp³-hybridized carbons (Fsp3) is 0.846. The summed E-state index contributed by atoms with van der Waals surface area (Å²) < 4.78 is 10.3. The van der Waals surface area contributed by atoms with Crippen LogP contribution in [-0.2, 0) is 4.74 Å².